The molecule has 2 aromatic rings. The van der Waals surface area contributed by atoms with E-state index < -0.39 is 11.7 Å². The molecule has 0 spiro atoms. The number of rotatable bonds is 2. The van der Waals surface area contributed by atoms with E-state index in [1.54, 1.807) is 31.2 Å². The summed E-state index contributed by atoms with van der Waals surface area (Å²) in [4.78, 5) is 11.0. The van der Waals surface area contributed by atoms with E-state index in [1.807, 2.05) is 0 Å². The maximum atomic E-state index is 11.0. The fraction of sp³-hybridized carbons (Fsp3) is 0.133. The maximum absolute atomic E-state index is 11.0. The Morgan fingerprint density at radius 1 is 1.24 bits per heavy atom. The fourth-order valence-corrected chi connectivity index (χ4v) is 3.18. The normalized spacial score (nSPS) is 19.6. The van der Waals surface area contributed by atoms with Crippen molar-refractivity contribution in [2.75, 3.05) is 5.32 Å². The van der Waals surface area contributed by atoms with Gasteiger partial charge in [-0.1, -0.05) is 29.3 Å². The number of ether oxygens (including phenoxy) is 1. The van der Waals surface area contributed by atoms with Crippen molar-refractivity contribution in [2.24, 2.45) is 0 Å². The quantitative estimate of drug-likeness (QED) is 0.861. The van der Waals surface area contributed by atoms with Crippen molar-refractivity contribution in [1.29, 1.82) is 0 Å². The molecule has 1 atom stereocenters. The summed E-state index contributed by atoms with van der Waals surface area (Å²) in [6, 6.07) is 9.83. The van der Waals surface area contributed by atoms with Crippen LogP contribution in [-0.2, 0) is 5.72 Å². The molecule has 0 fully saturated rings. The van der Waals surface area contributed by atoms with Gasteiger partial charge in [0.2, 0.25) is 5.72 Å². The Morgan fingerprint density at radius 2 is 1.90 bits per heavy atom. The van der Waals surface area contributed by atoms with Crippen molar-refractivity contribution in [3.05, 3.63) is 57.6 Å². The number of hydrogen-bond donors (Lipinski definition) is 2. The van der Waals surface area contributed by atoms with E-state index in [2.05, 4.69) is 5.32 Å². The maximum Gasteiger partial charge on any atom is 0.335 e. The monoisotopic (exact) mass is 323 g/mol. The number of halogens is 2. The van der Waals surface area contributed by atoms with Gasteiger partial charge in [0.25, 0.3) is 0 Å². The minimum Gasteiger partial charge on any atom is -0.478 e. The second kappa shape index (κ2) is 4.83. The molecule has 2 N–H and O–H groups in total. The van der Waals surface area contributed by atoms with Gasteiger partial charge in [-0.2, -0.15) is 0 Å². The number of hydrogen-bond acceptors (Lipinski definition) is 3. The topological polar surface area (TPSA) is 58.6 Å². The first kappa shape index (κ1) is 14.0. The van der Waals surface area contributed by atoms with Crippen molar-refractivity contribution in [1.82, 2.24) is 0 Å². The van der Waals surface area contributed by atoms with Gasteiger partial charge in [-0.15, -0.1) is 0 Å². The Morgan fingerprint density at radius 3 is 2.52 bits per heavy atom. The molecule has 0 aromatic heterocycles. The summed E-state index contributed by atoms with van der Waals surface area (Å²) in [6.45, 7) is 1.79. The van der Waals surface area contributed by atoms with Gasteiger partial charge in [-0.05, 0) is 37.3 Å². The van der Waals surface area contributed by atoms with Crippen LogP contribution in [0.2, 0.25) is 10.0 Å². The molecular formula is C15H11Cl2NO3. The van der Waals surface area contributed by atoms with Gasteiger partial charge in [0.15, 0.2) is 0 Å². The number of anilines is 1. The van der Waals surface area contributed by atoms with Crippen molar-refractivity contribution in [3.63, 3.8) is 0 Å². The number of carboxylic acid groups (broad SMARTS) is 1. The van der Waals surface area contributed by atoms with Crippen LogP contribution >= 0.6 is 23.2 Å². The van der Waals surface area contributed by atoms with Crippen LogP contribution in [0.4, 0.5) is 5.69 Å². The third kappa shape index (κ3) is 2.30. The summed E-state index contributed by atoms with van der Waals surface area (Å²) in [7, 11) is 0. The summed E-state index contributed by atoms with van der Waals surface area (Å²) in [5, 5.41) is 13.1. The average molecular weight is 324 g/mol. The summed E-state index contributed by atoms with van der Waals surface area (Å²) in [5.74, 6) is -0.442. The highest BCUT2D eigenvalue weighted by molar-refractivity contribution is 6.36. The van der Waals surface area contributed by atoms with E-state index in [0.29, 0.717) is 27.0 Å². The summed E-state index contributed by atoms with van der Waals surface area (Å²) >= 11 is 12.5. The predicted octanol–water partition coefficient (Wildman–Crippen LogP) is 4.37. The lowest BCUT2D eigenvalue weighted by Crippen LogP contribution is -2.34. The fourth-order valence-electron chi connectivity index (χ4n) is 2.42. The number of carboxylic acids is 1. The predicted molar refractivity (Wildman–Crippen MR) is 81.5 cm³/mol. The third-order valence-corrected chi connectivity index (χ3v) is 3.98. The molecule has 1 unspecified atom stereocenters. The lowest BCUT2D eigenvalue weighted by Gasteiger charge is -2.27. The Kier molecular flexibility index (Phi) is 3.23. The first-order valence-electron chi connectivity index (χ1n) is 6.20. The van der Waals surface area contributed by atoms with Crippen molar-refractivity contribution >= 4 is 34.9 Å². The zero-order valence-corrected chi connectivity index (χ0v) is 12.5. The van der Waals surface area contributed by atoms with Gasteiger partial charge in [-0.25, -0.2) is 4.79 Å². The largest absolute Gasteiger partial charge is 0.478 e. The average Bonchev–Trinajstić information content (AvgIpc) is 2.73. The lowest BCUT2D eigenvalue weighted by molar-refractivity contribution is 0.0697. The van der Waals surface area contributed by atoms with E-state index in [9.17, 15) is 4.79 Å². The summed E-state index contributed by atoms with van der Waals surface area (Å²) in [6.07, 6.45) is 0. The highest BCUT2D eigenvalue weighted by Crippen LogP contribution is 2.45. The van der Waals surface area contributed by atoms with Crippen LogP contribution in [0.5, 0.6) is 5.75 Å². The molecule has 1 heterocycles. The highest BCUT2D eigenvalue weighted by atomic mass is 35.5. The molecule has 0 amide bonds. The van der Waals surface area contributed by atoms with Gasteiger partial charge in [0.05, 0.1) is 26.9 Å². The number of nitrogens with one attached hydrogen (secondary N) is 1. The SMILES string of the molecule is CC1(c2c(Cl)cccc2Cl)Nc2cc(C(=O)O)ccc2O1. The summed E-state index contributed by atoms with van der Waals surface area (Å²) < 4.78 is 5.90. The molecule has 21 heavy (non-hydrogen) atoms. The van der Waals surface area contributed by atoms with Crippen LogP contribution in [0.25, 0.3) is 0 Å². The Hall–Kier alpha value is -1.91. The van der Waals surface area contributed by atoms with Gasteiger partial charge >= 0.3 is 5.97 Å². The molecule has 3 rings (SSSR count). The van der Waals surface area contributed by atoms with Crippen LogP contribution in [-0.4, -0.2) is 11.1 Å². The van der Waals surface area contributed by atoms with Crippen LogP contribution in [0.15, 0.2) is 36.4 Å². The Bertz CT molecular complexity index is 727. The van der Waals surface area contributed by atoms with E-state index in [1.165, 1.54) is 12.1 Å². The molecule has 0 bridgehead atoms. The minimum atomic E-state index is -0.996. The van der Waals surface area contributed by atoms with Gasteiger partial charge in [0.1, 0.15) is 5.75 Å². The van der Waals surface area contributed by atoms with Crippen molar-refractivity contribution in [3.8, 4) is 5.75 Å². The van der Waals surface area contributed by atoms with E-state index in [-0.39, 0.29) is 5.56 Å². The molecule has 0 saturated carbocycles. The van der Waals surface area contributed by atoms with Crippen LogP contribution in [0.3, 0.4) is 0 Å². The molecule has 1 aliphatic rings. The van der Waals surface area contributed by atoms with E-state index in [4.69, 9.17) is 33.0 Å². The minimum absolute atomic E-state index is 0.180. The Balaban J connectivity index is 2.05. The highest BCUT2D eigenvalue weighted by Gasteiger charge is 2.39. The first-order chi connectivity index (χ1) is 9.90. The molecule has 6 heteroatoms. The second-order valence-electron chi connectivity index (χ2n) is 4.87. The van der Waals surface area contributed by atoms with E-state index in [0.717, 1.165) is 0 Å². The number of benzene rings is 2. The van der Waals surface area contributed by atoms with E-state index >= 15 is 0 Å². The zero-order chi connectivity index (χ0) is 15.2. The van der Waals surface area contributed by atoms with Crippen LogP contribution in [0.1, 0.15) is 22.8 Å². The van der Waals surface area contributed by atoms with Gasteiger partial charge < -0.3 is 15.2 Å². The third-order valence-electron chi connectivity index (χ3n) is 3.35. The standard InChI is InChI=1S/C15H11Cl2NO3/c1-15(13-9(16)3-2-4-10(13)17)18-11-7-8(14(19)20)5-6-12(11)21-15/h2-7,18H,1H3,(H,19,20). The molecule has 0 radical (unpaired) electrons. The molecule has 0 saturated heterocycles. The van der Waals surface area contributed by atoms with Crippen molar-refractivity contribution < 1.29 is 14.6 Å². The van der Waals surface area contributed by atoms with Crippen LogP contribution in [0, 0.1) is 0 Å². The molecule has 1 aliphatic heterocycles. The zero-order valence-electron chi connectivity index (χ0n) is 11.0. The van der Waals surface area contributed by atoms with Crippen LogP contribution < -0.4 is 10.1 Å². The van der Waals surface area contributed by atoms with Gasteiger partial charge in [0, 0.05) is 0 Å². The molecule has 108 valence electrons. The molecular weight excluding hydrogens is 313 g/mol. The lowest BCUT2D eigenvalue weighted by atomic mass is 10.0. The molecule has 2 aromatic carbocycles. The smallest absolute Gasteiger partial charge is 0.335 e. The number of carbonyl (C=O) groups is 1. The molecule has 0 aliphatic carbocycles. The number of aromatic carboxylic acids is 1. The number of fused-ring (bicyclic) bond motifs is 1. The molecule has 4 nitrogen and oxygen atoms in total. The van der Waals surface area contributed by atoms with Gasteiger partial charge in [-0.3, -0.25) is 0 Å². The second-order valence-corrected chi connectivity index (χ2v) is 5.69. The Labute approximate surface area is 131 Å². The van der Waals surface area contributed by atoms with Crippen molar-refractivity contribution in [2.45, 2.75) is 12.6 Å². The first-order valence-corrected chi connectivity index (χ1v) is 6.95. The summed E-state index contributed by atoms with van der Waals surface area (Å²) in [5.41, 5.74) is 0.434.